The van der Waals surface area contributed by atoms with E-state index in [4.69, 9.17) is 11.6 Å². The molecule has 1 saturated heterocycles. The minimum atomic E-state index is -0.0910. The Morgan fingerprint density at radius 2 is 2.14 bits per heavy atom. The zero-order valence-electron chi connectivity index (χ0n) is 12.3. The molecule has 0 N–H and O–H groups in total. The lowest BCUT2D eigenvalue weighted by molar-refractivity contribution is -0.151. The number of hydrogen-bond acceptors (Lipinski definition) is 2. The van der Waals surface area contributed by atoms with Crippen LogP contribution in [0.5, 0.6) is 0 Å². The van der Waals surface area contributed by atoms with Crippen molar-refractivity contribution in [3.63, 3.8) is 0 Å². The van der Waals surface area contributed by atoms with E-state index < -0.39 is 0 Å². The normalized spacial score (nSPS) is 21.3. The summed E-state index contributed by atoms with van der Waals surface area (Å²) in [7, 11) is 0. The molecule has 3 rings (SSSR count). The molecule has 0 aliphatic carbocycles. The summed E-state index contributed by atoms with van der Waals surface area (Å²) in [4.78, 5) is 28.2. The summed E-state index contributed by atoms with van der Waals surface area (Å²) in [5.74, 6) is -0.0187. The molecular weight excluding hydrogens is 288 g/mol. The molecule has 21 heavy (non-hydrogen) atoms. The Hall–Kier alpha value is -1.55. The van der Waals surface area contributed by atoms with Gasteiger partial charge in [-0.05, 0) is 29.7 Å². The Labute approximate surface area is 129 Å². The summed E-state index contributed by atoms with van der Waals surface area (Å²) < 4.78 is 0. The van der Waals surface area contributed by atoms with Gasteiger partial charge in [-0.15, -0.1) is 0 Å². The van der Waals surface area contributed by atoms with Crippen molar-refractivity contribution in [2.75, 3.05) is 19.6 Å². The molecule has 4 nitrogen and oxygen atoms in total. The molecule has 2 aliphatic rings. The second-order valence-electron chi connectivity index (χ2n) is 6.07. The van der Waals surface area contributed by atoms with Gasteiger partial charge >= 0.3 is 0 Å². The maximum atomic E-state index is 12.4. The Balaban J connectivity index is 1.94. The van der Waals surface area contributed by atoms with E-state index in [1.165, 1.54) is 5.56 Å². The van der Waals surface area contributed by atoms with Crippen molar-refractivity contribution in [1.82, 2.24) is 9.80 Å². The number of nitrogens with zero attached hydrogens (tertiary/aromatic N) is 2. The van der Waals surface area contributed by atoms with Gasteiger partial charge in [0.05, 0.1) is 12.6 Å². The predicted octanol–water partition coefficient (Wildman–Crippen LogP) is 2.26. The van der Waals surface area contributed by atoms with E-state index in [0.717, 1.165) is 18.5 Å². The van der Waals surface area contributed by atoms with E-state index in [1.807, 2.05) is 36.9 Å². The van der Waals surface area contributed by atoms with Gasteiger partial charge < -0.3 is 9.80 Å². The van der Waals surface area contributed by atoms with Crippen LogP contribution in [0, 0.1) is 5.92 Å². The van der Waals surface area contributed by atoms with Gasteiger partial charge in [0, 0.05) is 24.0 Å². The van der Waals surface area contributed by atoms with Crippen LogP contribution in [-0.2, 0) is 16.0 Å². The minimum Gasteiger partial charge on any atom is -0.332 e. The van der Waals surface area contributed by atoms with E-state index in [2.05, 4.69) is 0 Å². The van der Waals surface area contributed by atoms with E-state index in [0.29, 0.717) is 11.6 Å². The summed E-state index contributed by atoms with van der Waals surface area (Å²) >= 11 is 6.11. The number of carbonyl (C=O) groups is 2. The number of halogens is 1. The first-order valence-corrected chi connectivity index (χ1v) is 7.71. The summed E-state index contributed by atoms with van der Waals surface area (Å²) in [5, 5.41) is 0.676. The topological polar surface area (TPSA) is 40.6 Å². The first-order valence-electron chi connectivity index (χ1n) is 7.34. The maximum Gasteiger partial charge on any atom is 0.242 e. The number of benzene rings is 1. The van der Waals surface area contributed by atoms with Gasteiger partial charge in [0.2, 0.25) is 11.8 Å². The molecule has 1 atom stereocenters. The van der Waals surface area contributed by atoms with Crippen LogP contribution in [0.3, 0.4) is 0 Å². The van der Waals surface area contributed by atoms with Crippen LogP contribution in [0.4, 0.5) is 0 Å². The van der Waals surface area contributed by atoms with Crippen molar-refractivity contribution in [1.29, 1.82) is 0 Å². The lowest BCUT2D eigenvalue weighted by atomic mass is 9.90. The molecule has 0 spiro atoms. The molecule has 0 aromatic heterocycles. The highest BCUT2D eigenvalue weighted by molar-refractivity contribution is 6.30. The molecule has 2 heterocycles. The average Bonchev–Trinajstić information content (AvgIpc) is 2.46. The van der Waals surface area contributed by atoms with E-state index >= 15 is 0 Å². The van der Waals surface area contributed by atoms with Crippen molar-refractivity contribution >= 4 is 23.4 Å². The van der Waals surface area contributed by atoms with Gasteiger partial charge in [0.1, 0.15) is 0 Å². The first kappa shape index (κ1) is 14.4. The predicted molar refractivity (Wildman–Crippen MR) is 81.0 cm³/mol. The zero-order valence-corrected chi connectivity index (χ0v) is 13.1. The summed E-state index contributed by atoms with van der Waals surface area (Å²) in [5.41, 5.74) is 2.32. The van der Waals surface area contributed by atoms with Crippen molar-refractivity contribution in [3.8, 4) is 0 Å². The second-order valence-corrected chi connectivity index (χ2v) is 6.51. The third-order valence-electron chi connectivity index (χ3n) is 4.31. The first-order chi connectivity index (χ1) is 9.97. The molecule has 1 aromatic rings. The highest BCUT2D eigenvalue weighted by Gasteiger charge is 2.38. The fraction of sp³-hybridized carbons (Fsp3) is 0.500. The van der Waals surface area contributed by atoms with Crippen molar-refractivity contribution in [2.24, 2.45) is 5.92 Å². The lowest BCUT2D eigenvalue weighted by Gasteiger charge is -2.45. The highest BCUT2D eigenvalue weighted by Crippen LogP contribution is 2.34. The fourth-order valence-electron chi connectivity index (χ4n) is 3.22. The molecule has 2 aliphatic heterocycles. The van der Waals surface area contributed by atoms with E-state index in [9.17, 15) is 9.59 Å². The fourth-order valence-corrected chi connectivity index (χ4v) is 3.40. The highest BCUT2D eigenvalue weighted by atomic mass is 35.5. The Bertz CT molecular complexity index is 600. The number of amides is 2. The molecule has 1 fully saturated rings. The van der Waals surface area contributed by atoms with E-state index in [-0.39, 0.29) is 30.3 Å². The number of piperazine rings is 1. The Kier molecular flexibility index (Phi) is 3.66. The van der Waals surface area contributed by atoms with Gasteiger partial charge in [-0.2, -0.15) is 0 Å². The largest absolute Gasteiger partial charge is 0.332 e. The molecule has 0 saturated carbocycles. The van der Waals surface area contributed by atoms with Crippen LogP contribution in [-0.4, -0.2) is 41.2 Å². The van der Waals surface area contributed by atoms with Crippen LogP contribution < -0.4 is 0 Å². The van der Waals surface area contributed by atoms with Crippen LogP contribution >= 0.6 is 11.6 Å². The van der Waals surface area contributed by atoms with Crippen molar-refractivity contribution in [3.05, 3.63) is 34.3 Å². The average molecular weight is 307 g/mol. The van der Waals surface area contributed by atoms with Crippen molar-refractivity contribution < 1.29 is 9.59 Å². The van der Waals surface area contributed by atoms with Gasteiger partial charge in [-0.1, -0.05) is 31.5 Å². The molecule has 0 radical (unpaired) electrons. The van der Waals surface area contributed by atoms with Crippen LogP contribution in [0.25, 0.3) is 0 Å². The maximum absolute atomic E-state index is 12.4. The standard InChI is InChI=1S/C16H19ClN2O2/c1-10(2)16(21)18-8-14-13-7-12(17)4-3-11(13)5-6-19(14)15(20)9-18/h3-4,7,10,14H,5-6,8-9H2,1-2H3. The zero-order chi connectivity index (χ0) is 15.1. The summed E-state index contributed by atoms with van der Waals surface area (Å²) in [6.07, 6.45) is 0.854. The Morgan fingerprint density at radius 3 is 2.86 bits per heavy atom. The number of hydrogen-bond donors (Lipinski definition) is 0. The van der Waals surface area contributed by atoms with Crippen LogP contribution in [0.2, 0.25) is 5.02 Å². The Morgan fingerprint density at radius 1 is 1.38 bits per heavy atom. The van der Waals surface area contributed by atoms with Gasteiger partial charge in [0.15, 0.2) is 0 Å². The summed E-state index contributed by atoms with van der Waals surface area (Å²) in [6, 6.07) is 5.79. The van der Waals surface area contributed by atoms with Gasteiger partial charge in [-0.25, -0.2) is 0 Å². The number of rotatable bonds is 1. The van der Waals surface area contributed by atoms with Gasteiger partial charge in [0.25, 0.3) is 0 Å². The smallest absolute Gasteiger partial charge is 0.242 e. The van der Waals surface area contributed by atoms with Crippen molar-refractivity contribution in [2.45, 2.75) is 26.3 Å². The molecular formula is C16H19ClN2O2. The van der Waals surface area contributed by atoms with Gasteiger partial charge in [-0.3, -0.25) is 9.59 Å². The minimum absolute atomic E-state index is 0.0332. The third-order valence-corrected chi connectivity index (χ3v) is 4.55. The van der Waals surface area contributed by atoms with Crippen LogP contribution in [0.1, 0.15) is 31.0 Å². The van der Waals surface area contributed by atoms with E-state index in [1.54, 1.807) is 4.90 Å². The molecule has 0 bridgehead atoms. The number of carbonyl (C=O) groups excluding carboxylic acids is 2. The number of fused-ring (bicyclic) bond motifs is 3. The lowest BCUT2D eigenvalue weighted by Crippen LogP contribution is -2.56. The molecule has 2 amide bonds. The molecule has 1 unspecified atom stereocenters. The quantitative estimate of drug-likeness (QED) is 0.798. The van der Waals surface area contributed by atoms with Crippen LogP contribution in [0.15, 0.2) is 18.2 Å². The third kappa shape index (κ3) is 2.53. The second kappa shape index (κ2) is 5.34. The SMILES string of the molecule is CC(C)C(=O)N1CC(=O)N2CCc3ccc(Cl)cc3C2C1. The molecule has 112 valence electrons. The molecule has 1 aromatic carbocycles. The summed E-state index contributed by atoms with van der Waals surface area (Å²) in [6.45, 7) is 5.22. The molecule has 5 heteroatoms. The monoisotopic (exact) mass is 306 g/mol.